The van der Waals surface area contributed by atoms with E-state index in [1.807, 2.05) is 11.3 Å². The summed E-state index contributed by atoms with van der Waals surface area (Å²) >= 11 is 1.88. The lowest BCUT2D eigenvalue weighted by Gasteiger charge is -2.30. The van der Waals surface area contributed by atoms with Gasteiger partial charge in [-0.2, -0.15) is 0 Å². The molecule has 0 saturated carbocycles. The van der Waals surface area contributed by atoms with Crippen molar-refractivity contribution in [1.29, 1.82) is 0 Å². The van der Waals surface area contributed by atoms with Gasteiger partial charge in [-0.1, -0.05) is 129 Å². The van der Waals surface area contributed by atoms with Gasteiger partial charge in [0.2, 0.25) is 0 Å². The van der Waals surface area contributed by atoms with E-state index < -0.39 is 0 Å². The van der Waals surface area contributed by atoms with Gasteiger partial charge >= 0.3 is 0 Å². The molecular weight excluding hydrogens is 563 g/mol. The lowest BCUT2D eigenvalue weighted by Crippen LogP contribution is -2.16. The molecule has 0 N–H and O–H groups in total. The molecule has 7 aromatic carbocycles. The van der Waals surface area contributed by atoms with Crippen molar-refractivity contribution in [2.75, 3.05) is 4.90 Å². The van der Waals surface area contributed by atoms with E-state index in [4.69, 9.17) is 0 Å². The van der Waals surface area contributed by atoms with Crippen LogP contribution in [0.4, 0.5) is 17.1 Å². The Labute approximate surface area is 267 Å². The predicted octanol–water partition coefficient (Wildman–Crippen LogP) is 12.7. The number of hydrogen-bond acceptors (Lipinski definition) is 2. The molecule has 1 nitrogen and oxygen atoms in total. The Morgan fingerprint density at radius 2 is 1.13 bits per heavy atom. The molecule has 0 aliphatic heterocycles. The van der Waals surface area contributed by atoms with Gasteiger partial charge in [-0.3, -0.25) is 0 Å². The van der Waals surface area contributed by atoms with Gasteiger partial charge < -0.3 is 4.90 Å². The maximum absolute atomic E-state index is 2.51. The summed E-state index contributed by atoms with van der Waals surface area (Å²) in [6.45, 7) is 4.73. The molecule has 0 atom stereocenters. The van der Waals surface area contributed by atoms with Gasteiger partial charge in [0.15, 0.2) is 0 Å². The highest BCUT2D eigenvalue weighted by atomic mass is 32.1. The van der Waals surface area contributed by atoms with Crippen LogP contribution in [0.15, 0.2) is 152 Å². The third kappa shape index (κ3) is 3.99. The van der Waals surface area contributed by atoms with Gasteiger partial charge in [0, 0.05) is 42.3 Å². The Balaban J connectivity index is 1.35. The van der Waals surface area contributed by atoms with Crippen molar-refractivity contribution in [3.05, 3.63) is 163 Å². The van der Waals surface area contributed by atoms with Crippen LogP contribution in [0.25, 0.3) is 53.2 Å². The number of thiophene rings is 1. The Morgan fingerprint density at radius 1 is 0.489 bits per heavy atom. The fourth-order valence-corrected chi connectivity index (χ4v) is 8.59. The SMILES string of the molecule is CC1(C)c2ccccc2-c2ccc(N(c3ccc(-c4ccccc4)cc3)c3c4ccccc4cc4sc5ccccc5c34)cc21. The second kappa shape index (κ2) is 9.92. The van der Waals surface area contributed by atoms with Crippen molar-refractivity contribution in [2.24, 2.45) is 0 Å². The minimum atomic E-state index is -0.0894. The molecule has 0 radical (unpaired) electrons. The molecule has 1 aromatic heterocycles. The van der Waals surface area contributed by atoms with Crippen LogP contribution in [0.2, 0.25) is 0 Å². The zero-order valence-corrected chi connectivity index (χ0v) is 26.1. The fraction of sp³-hybridized carbons (Fsp3) is 0.0698. The molecule has 9 rings (SSSR count). The molecule has 214 valence electrons. The first-order chi connectivity index (χ1) is 22.1. The van der Waals surface area contributed by atoms with Gasteiger partial charge in [-0.15, -0.1) is 11.3 Å². The first-order valence-electron chi connectivity index (χ1n) is 15.6. The van der Waals surface area contributed by atoms with Crippen molar-refractivity contribution < 1.29 is 0 Å². The highest BCUT2D eigenvalue weighted by Gasteiger charge is 2.36. The quantitative estimate of drug-likeness (QED) is 0.196. The number of benzene rings is 7. The van der Waals surface area contributed by atoms with E-state index in [0.717, 1.165) is 5.69 Å². The molecule has 0 amide bonds. The minimum Gasteiger partial charge on any atom is -0.309 e. The van der Waals surface area contributed by atoms with Crippen LogP contribution in [0.3, 0.4) is 0 Å². The van der Waals surface area contributed by atoms with Gasteiger partial charge in [0.05, 0.1) is 5.69 Å². The third-order valence-corrected chi connectivity index (χ3v) is 10.8. The highest BCUT2D eigenvalue weighted by Crippen LogP contribution is 2.53. The van der Waals surface area contributed by atoms with Crippen LogP contribution in [0, 0.1) is 0 Å². The Hall–Kier alpha value is -5.18. The molecule has 0 bridgehead atoms. The van der Waals surface area contributed by atoms with Crippen molar-refractivity contribution in [3.8, 4) is 22.3 Å². The molecular formula is C43H31NS. The van der Waals surface area contributed by atoms with E-state index in [9.17, 15) is 0 Å². The third-order valence-electron chi connectivity index (χ3n) is 9.64. The maximum atomic E-state index is 2.51. The molecule has 0 spiro atoms. The van der Waals surface area contributed by atoms with E-state index in [2.05, 4.69) is 170 Å². The predicted molar refractivity (Wildman–Crippen MR) is 195 cm³/mol. The van der Waals surface area contributed by atoms with Crippen LogP contribution < -0.4 is 4.90 Å². The Kier molecular flexibility index (Phi) is 5.78. The van der Waals surface area contributed by atoms with Crippen molar-refractivity contribution in [1.82, 2.24) is 0 Å². The Morgan fingerprint density at radius 3 is 1.98 bits per heavy atom. The first kappa shape index (κ1) is 26.2. The van der Waals surface area contributed by atoms with Crippen LogP contribution in [-0.2, 0) is 5.41 Å². The highest BCUT2D eigenvalue weighted by molar-refractivity contribution is 7.26. The van der Waals surface area contributed by atoms with Gasteiger partial charge in [-0.05, 0) is 75.2 Å². The minimum absolute atomic E-state index is 0.0894. The van der Waals surface area contributed by atoms with Crippen LogP contribution in [-0.4, -0.2) is 0 Å². The topological polar surface area (TPSA) is 3.24 Å². The number of rotatable bonds is 4. The normalized spacial score (nSPS) is 13.3. The number of anilines is 3. The molecule has 1 aliphatic carbocycles. The average Bonchev–Trinajstić information content (AvgIpc) is 3.57. The smallest absolute Gasteiger partial charge is 0.0633 e. The summed E-state index contributed by atoms with van der Waals surface area (Å²) in [7, 11) is 0. The zero-order chi connectivity index (χ0) is 30.1. The second-order valence-electron chi connectivity index (χ2n) is 12.6. The van der Waals surface area contributed by atoms with Crippen molar-refractivity contribution in [3.63, 3.8) is 0 Å². The van der Waals surface area contributed by atoms with E-state index in [0.29, 0.717) is 0 Å². The van der Waals surface area contributed by atoms with E-state index in [1.54, 1.807) is 0 Å². The molecule has 2 heteroatoms. The molecule has 0 fully saturated rings. The van der Waals surface area contributed by atoms with E-state index >= 15 is 0 Å². The lowest BCUT2D eigenvalue weighted by atomic mass is 9.82. The zero-order valence-electron chi connectivity index (χ0n) is 25.3. The second-order valence-corrected chi connectivity index (χ2v) is 13.7. The number of fused-ring (bicyclic) bond motifs is 7. The van der Waals surface area contributed by atoms with E-state index in [1.165, 1.54) is 75.7 Å². The standard InChI is InChI=1S/C43H31NS/c1-43(2)37-18-10-8-16-34(37)35-25-24-32(27-38(35)43)44(31-22-20-29(21-23-31)28-12-4-3-5-13-28)42-33-15-7-6-14-30(33)26-40-41(42)36-17-9-11-19-39(36)45-40/h3-27H,1-2H3. The molecule has 0 saturated heterocycles. The summed E-state index contributed by atoms with van der Waals surface area (Å²) in [6, 6.07) is 55.8. The lowest BCUT2D eigenvalue weighted by molar-refractivity contribution is 0.660. The Bertz CT molecular complexity index is 2400. The van der Waals surface area contributed by atoms with Crippen LogP contribution in [0.5, 0.6) is 0 Å². The van der Waals surface area contributed by atoms with Gasteiger partial charge in [0.1, 0.15) is 0 Å². The van der Waals surface area contributed by atoms with Gasteiger partial charge in [0.25, 0.3) is 0 Å². The average molecular weight is 594 g/mol. The molecule has 45 heavy (non-hydrogen) atoms. The van der Waals surface area contributed by atoms with Crippen molar-refractivity contribution in [2.45, 2.75) is 19.3 Å². The number of hydrogen-bond donors (Lipinski definition) is 0. The molecule has 1 aliphatic rings. The summed E-state index contributed by atoms with van der Waals surface area (Å²) in [5, 5.41) is 5.12. The molecule has 8 aromatic rings. The maximum Gasteiger partial charge on any atom is 0.0633 e. The number of nitrogens with zero attached hydrogens (tertiary/aromatic N) is 1. The first-order valence-corrected chi connectivity index (χ1v) is 16.4. The largest absolute Gasteiger partial charge is 0.309 e. The molecule has 1 heterocycles. The summed E-state index contributed by atoms with van der Waals surface area (Å²) in [6.07, 6.45) is 0. The van der Waals surface area contributed by atoms with Crippen LogP contribution in [0.1, 0.15) is 25.0 Å². The summed E-state index contributed by atoms with van der Waals surface area (Å²) in [5.41, 5.74) is 11.4. The van der Waals surface area contributed by atoms with Crippen LogP contribution >= 0.6 is 11.3 Å². The monoisotopic (exact) mass is 593 g/mol. The summed E-state index contributed by atoms with van der Waals surface area (Å²) in [5.74, 6) is 0. The summed E-state index contributed by atoms with van der Waals surface area (Å²) < 4.78 is 2.62. The van der Waals surface area contributed by atoms with E-state index in [-0.39, 0.29) is 5.41 Å². The van der Waals surface area contributed by atoms with Crippen molar-refractivity contribution >= 4 is 59.3 Å². The fourth-order valence-electron chi connectivity index (χ4n) is 7.43. The van der Waals surface area contributed by atoms with Gasteiger partial charge in [-0.25, -0.2) is 0 Å². The summed E-state index contributed by atoms with van der Waals surface area (Å²) in [4.78, 5) is 2.51. The molecule has 0 unspecified atom stereocenters.